The van der Waals surface area contributed by atoms with E-state index in [0.717, 1.165) is 11.8 Å². The molecule has 122 valence electrons. The second-order valence-electron chi connectivity index (χ2n) is 5.06. The molecule has 0 spiro atoms. The minimum atomic E-state index is -3.22. The summed E-state index contributed by atoms with van der Waals surface area (Å²) < 4.78 is 22.8. The van der Waals surface area contributed by atoms with Crippen LogP contribution < -0.4 is 10.6 Å². The number of imide groups is 1. The number of nitrogens with one attached hydrogen (secondary N) is 2. The summed E-state index contributed by atoms with van der Waals surface area (Å²) in [5.74, 6) is -0.415. The van der Waals surface area contributed by atoms with Gasteiger partial charge < -0.3 is 5.32 Å². The molecule has 3 amide bonds. The number of rotatable bonds is 5. The number of nitrogens with zero attached hydrogens (tertiary/aromatic N) is 1. The third-order valence-electron chi connectivity index (χ3n) is 3.32. The van der Waals surface area contributed by atoms with Crippen molar-refractivity contribution in [1.82, 2.24) is 15.5 Å². The van der Waals surface area contributed by atoms with E-state index in [1.54, 1.807) is 36.2 Å². The summed E-state index contributed by atoms with van der Waals surface area (Å²) in [4.78, 5) is 24.7. The second-order valence-corrected chi connectivity index (χ2v) is 7.08. The Bertz CT molecular complexity index is 641. The van der Waals surface area contributed by atoms with Crippen LogP contribution in [0.15, 0.2) is 29.2 Å². The number of amides is 3. The van der Waals surface area contributed by atoms with Crippen molar-refractivity contribution in [2.24, 2.45) is 0 Å². The lowest BCUT2D eigenvalue weighted by molar-refractivity contribution is -0.121. The number of likely N-dealkylation sites (N-methyl/N-ethyl adjacent to an activating group) is 1. The Labute approximate surface area is 130 Å². The van der Waals surface area contributed by atoms with Crippen LogP contribution in [0.1, 0.15) is 18.5 Å². The minimum absolute atomic E-state index is 0.0441. The molecule has 0 unspecified atom stereocenters. The van der Waals surface area contributed by atoms with E-state index in [9.17, 15) is 18.0 Å². The average Bonchev–Trinajstić information content (AvgIpc) is 2.45. The van der Waals surface area contributed by atoms with Gasteiger partial charge >= 0.3 is 6.03 Å². The maximum atomic E-state index is 11.7. The molecular weight excluding hydrogens is 306 g/mol. The zero-order valence-electron chi connectivity index (χ0n) is 13.1. The van der Waals surface area contributed by atoms with Gasteiger partial charge in [-0.1, -0.05) is 12.1 Å². The maximum Gasteiger partial charge on any atom is 0.321 e. The van der Waals surface area contributed by atoms with Crippen LogP contribution >= 0.6 is 0 Å². The van der Waals surface area contributed by atoms with E-state index < -0.39 is 21.8 Å². The molecule has 1 aromatic carbocycles. The maximum absolute atomic E-state index is 11.7. The van der Waals surface area contributed by atoms with E-state index in [4.69, 9.17) is 0 Å². The fraction of sp³-hybridized carbons (Fsp3) is 0.429. The smallest absolute Gasteiger partial charge is 0.321 e. The van der Waals surface area contributed by atoms with E-state index >= 15 is 0 Å². The highest BCUT2D eigenvalue weighted by Crippen LogP contribution is 2.20. The molecule has 0 heterocycles. The largest absolute Gasteiger partial charge is 0.341 e. The predicted octanol–water partition coefficient (Wildman–Crippen LogP) is 0.539. The molecule has 0 fully saturated rings. The quantitative estimate of drug-likeness (QED) is 0.823. The van der Waals surface area contributed by atoms with Crippen molar-refractivity contribution in [3.63, 3.8) is 0 Å². The predicted molar refractivity (Wildman–Crippen MR) is 83.2 cm³/mol. The zero-order valence-corrected chi connectivity index (χ0v) is 13.9. The number of sulfone groups is 1. The molecule has 1 rings (SSSR count). The molecule has 0 aliphatic rings. The van der Waals surface area contributed by atoms with E-state index in [1.807, 2.05) is 6.92 Å². The lowest BCUT2D eigenvalue weighted by Crippen LogP contribution is -2.43. The van der Waals surface area contributed by atoms with Gasteiger partial charge in [0.1, 0.15) is 0 Å². The molecule has 0 aliphatic heterocycles. The van der Waals surface area contributed by atoms with Crippen LogP contribution in [0.25, 0.3) is 0 Å². The van der Waals surface area contributed by atoms with Crippen LogP contribution in [0, 0.1) is 0 Å². The van der Waals surface area contributed by atoms with Crippen LogP contribution in [0.4, 0.5) is 4.79 Å². The highest BCUT2D eigenvalue weighted by atomic mass is 32.2. The summed E-state index contributed by atoms with van der Waals surface area (Å²) >= 11 is 0. The molecule has 7 nitrogen and oxygen atoms in total. The van der Waals surface area contributed by atoms with Gasteiger partial charge in [-0.3, -0.25) is 15.0 Å². The van der Waals surface area contributed by atoms with Crippen LogP contribution in [-0.2, 0) is 14.6 Å². The molecule has 0 saturated heterocycles. The first-order valence-corrected chi connectivity index (χ1v) is 8.56. The van der Waals surface area contributed by atoms with Gasteiger partial charge in [0.05, 0.1) is 11.4 Å². The monoisotopic (exact) mass is 327 g/mol. The van der Waals surface area contributed by atoms with Crippen molar-refractivity contribution >= 4 is 21.8 Å². The van der Waals surface area contributed by atoms with Crippen molar-refractivity contribution in [2.75, 3.05) is 26.9 Å². The van der Waals surface area contributed by atoms with Gasteiger partial charge in [-0.15, -0.1) is 0 Å². The highest BCUT2D eigenvalue weighted by Gasteiger charge is 2.16. The molecule has 22 heavy (non-hydrogen) atoms. The Hall–Kier alpha value is -1.93. The number of urea groups is 1. The molecule has 0 aliphatic carbocycles. The van der Waals surface area contributed by atoms with Crippen LogP contribution in [0.2, 0.25) is 0 Å². The number of carbonyl (C=O) groups excluding carboxylic acids is 2. The number of benzene rings is 1. The molecule has 0 radical (unpaired) electrons. The van der Waals surface area contributed by atoms with Gasteiger partial charge in [-0.05, 0) is 31.7 Å². The van der Waals surface area contributed by atoms with Gasteiger partial charge in [0.2, 0.25) is 5.91 Å². The summed E-state index contributed by atoms with van der Waals surface area (Å²) in [6.07, 6.45) is 1.15. The summed E-state index contributed by atoms with van der Waals surface area (Å²) in [7, 11) is -0.0457. The summed E-state index contributed by atoms with van der Waals surface area (Å²) in [5.41, 5.74) is 0.877. The van der Waals surface area contributed by atoms with E-state index in [0.29, 0.717) is 0 Å². The Kier molecular flexibility index (Phi) is 6.07. The van der Waals surface area contributed by atoms with Crippen molar-refractivity contribution in [3.8, 4) is 0 Å². The molecule has 1 aromatic rings. The molecule has 8 heteroatoms. The van der Waals surface area contributed by atoms with Gasteiger partial charge in [0.15, 0.2) is 9.84 Å². The fourth-order valence-electron chi connectivity index (χ4n) is 1.84. The Morgan fingerprint density at radius 2 is 1.77 bits per heavy atom. The SMILES string of the molecule is CNC(=O)NC(=O)CN(C)[C@@H](C)c1ccc(S(C)(=O)=O)cc1. The van der Waals surface area contributed by atoms with Crippen LogP contribution in [0.3, 0.4) is 0 Å². The topological polar surface area (TPSA) is 95.6 Å². The second kappa shape index (κ2) is 7.37. The first-order chi connectivity index (χ1) is 10.1. The summed E-state index contributed by atoms with van der Waals surface area (Å²) in [6.45, 7) is 1.94. The third kappa shape index (κ3) is 5.12. The van der Waals surface area contributed by atoms with Gasteiger partial charge in [0.25, 0.3) is 0 Å². The van der Waals surface area contributed by atoms with Crippen molar-refractivity contribution < 1.29 is 18.0 Å². The number of hydrogen-bond acceptors (Lipinski definition) is 5. The van der Waals surface area contributed by atoms with Crippen molar-refractivity contribution in [1.29, 1.82) is 0 Å². The van der Waals surface area contributed by atoms with Gasteiger partial charge in [0, 0.05) is 19.3 Å². The van der Waals surface area contributed by atoms with Gasteiger partial charge in [-0.25, -0.2) is 13.2 Å². The average molecular weight is 327 g/mol. The zero-order chi connectivity index (χ0) is 16.9. The molecular formula is C14H21N3O4S. The Balaban J connectivity index is 2.72. The standard InChI is InChI=1S/C14H21N3O4S/c1-10(17(3)9-13(18)16-14(19)15-2)11-5-7-12(8-6-11)22(4,20)21/h5-8,10H,9H2,1-4H3,(H2,15,16,18,19)/t10-/m0/s1. The lowest BCUT2D eigenvalue weighted by Gasteiger charge is -2.24. The van der Waals surface area contributed by atoms with Crippen LogP contribution in [0.5, 0.6) is 0 Å². The Morgan fingerprint density at radius 1 is 1.23 bits per heavy atom. The minimum Gasteiger partial charge on any atom is -0.341 e. The number of hydrogen-bond donors (Lipinski definition) is 2. The van der Waals surface area contributed by atoms with Gasteiger partial charge in [-0.2, -0.15) is 0 Å². The molecule has 0 saturated carbocycles. The first-order valence-electron chi connectivity index (χ1n) is 6.67. The van der Waals surface area contributed by atoms with E-state index in [-0.39, 0.29) is 17.5 Å². The van der Waals surface area contributed by atoms with Crippen molar-refractivity contribution in [2.45, 2.75) is 17.9 Å². The van der Waals surface area contributed by atoms with E-state index in [1.165, 1.54) is 7.05 Å². The van der Waals surface area contributed by atoms with E-state index in [2.05, 4.69) is 10.6 Å². The fourth-order valence-corrected chi connectivity index (χ4v) is 2.47. The van der Waals surface area contributed by atoms with Crippen molar-refractivity contribution in [3.05, 3.63) is 29.8 Å². The molecule has 0 bridgehead atoms. The molecule has 1 atom stereocenters. The molecule has 2 N–H and O–H groups in total. The Morgan fingerprint density at radius 3 is 2.23 bits per heavy atom. The highest BCUT2D eigenvalue weighted by molar-refractivity contribution is 7.90. The first kappa shape index (κ1) is 18.1. The third-order valence-corrected chi connectivity index (χ3v) is 4.45. The lowest BCUT2D eigenvalue weighted by atomic mass is 10.1. The summed E-state index contributed by atoms with van der Waals surface area (Å²) in [5, 5.41) is 4.49. The number of carbonyl (C=O) groups is 2. The molecule has 0 aromatic heterocycles. The van der Waals surface area contributed by atoms with Crippen LogP contribution in [-0.4, -0.2) is 52.2 Å². The summed E-state index contributed by atoms with van der Waals surface area (Å²) in [6, 6.07) is 5.86. The normalized spacial score (nSPS) is 12.8.